The van der Waals surface area contributed by atoms with Crippen molar-refractivity contribution in [3.8, 4) is 0 Å². The average molecular weight is 194 g/mol. The van der Waals surface area contributed by atoms with E-state index in [1.54, 1.807) is 13.0 Å². The zero-order valence-corrected chi connectivity index (χ0v) is 8.59. The molecule has 1 aromatic rings. The standard InChI is InChI=1S/C9H14N4O/c1-4-10-9(14)13-8-5-6(2)11-7(3)12-8/h5H,4H2,1-3H3,(H2,10,11,12,13,14). The predicted molar refractivity (Wildman–Crippen MR) is 54.2 cm³/mol. The Balaban J connectivity index is 2.71. The van der Waals surface area contributed by atoms with Gasteiger partial charge in [0.2, 0.25) is 0 Å². The van der Waals surface area contributed by atoms with E-state index >= 15 is 0 Å². The van der Waals surface area contributed by atoms with Crippen molar-refractivity contribution in [2.24, 2.45) is 0 Å². The number of rotatable bonds is 2. The lowest BCUT2D eigenvalue weighted by atomic mass is 10.4. The molecule has 1 aromatic heterocycles. The minimum atomic E-state index is -0.245. The topological polar surface area (TPSA) is 66.9 Å². The molecule has 0 aliphatic heterocycles. The number of aryl methyl sites for hydroxylation is 2. The van der Waals surface area contributed by atoms with Crippen molar-refractivity contribution in [1.82, 2.24) is 15.3 Å². The molecule has 76 valence electrons. The zero-order valence-electron chi connectivity index (χ0n) is 8.59. The monoisotopic (exact) mass is 194 g/mol. The van der Waals surface area contributed by atoms with Crippen LogP contribution in [-0.2, 0) is 0 Å². The number of amides is 2. The number of nitrogens with zero attached hydrogens (tertiary/aromatic N) is 2. The first kappa shape index (κ1) is 10.4. The molecule has 5 heteroatoms. The number of carbonyl (C=O) groups is 1. The number of urea groups is 1. The largest absolute Gasteiger partial charge is 0.338 e. The molecule has 1 rings (SSSR count). The highest BCUT2D eigenvalue weighted by Crippen LogP contribution is 2.04. The van der Waals surface area contributed by atoms with E-state index < -0.39 is 0 Å². The molecule has 0 fully saturated rings. The van der Waals surface area contributed by atoms with Gasteiger partial charge in [-0.25, -0.2) is 14.8 Å². The Hall–Kier alpha value is -1.65. The molecular formula is C9H14N4O. The molecule has 0 radical (unpaired) electrons. The Morgan fingerprint density at radius 2 is 2.14 bits per heavy atom. The second-order valence-corrected chi connectivity index (χ2v) is 2.93. The molecule has 0 unspecified atom stereocenters. The fourth-order valence-corrected chi connectivity index (χ4v) is 1.10. The third kappa shape index (κ3) is 3.01. The van der Waals surface area contributed by atoms with Gasteiger partial charge in [0.1, 0.15) is 11.6 Å². The summed E-state index contributed by atoms with van der Waals surface area (Å²) in [7, 11) is 0. The van der Waals surface area contributed by atoms with Crippen molar-refractivity contribution >= 4 is 11.8 Å². The Morgan fingerprint density at radius 3 is 2.71 bits per heavy atom. The maximum atomic E-state index is 11.2. The van der Waals surface area contributed by atoms with Gasteiger partial charge >= 0.3 is 6.03 Å². The molecule has 0 aliphatic carbocycles. The van der Waals surface area contributed by atoms with Gasteiger partial charge in [-0.3, -0.25) is 5.32 Å². The lowest BCUT2D eigenvalue weighted by Crippen LogP contribution is -2.28. The highest BCUT2D eigenvalue weighted by Gasteiger charge is 2.02. The van der Waals surface area contributed by atoms with Crippen LogP contribution in [0.4, 0.5) is 10.6 Å². The van der Waals surface area contributed by atoms with Crippen LogP contribution in [0.25, 0.3) is 0 Å². The molecule has 0 aliphatic rings. The Morgan fingerprint density at radius 1 is 1.43 bits per heavy atom. The van der Waals surface area contributed by atoms with Gasteiger partial charge in [0.15, 0.2) is 0 Å². The number of hydrogen-bond donors (Lipinski definition) is 2. The fourth-order valence-electron chi connectivity index (χ4n) is 1.10. The third-order valence-electron chi connectivity index (χ3n) is 1.54. The van der Waals surface area contributed by atoms with Crippen LogP contribution >= 0.6 is 0 Å². The number of hydrogen-bond acceptors (Lipinski definition) is 3. The maximum absolute atomic E-state index is 11.2. The van der Waals surface area contributed by atoms with Crippen molar-refractivity contribution in [3.63, 3.8) is 0 Å². The van der Waals surface area contributed by atoms with E-state index in [1.807, 2.05) is 13.8 Å². The summed E-state index contributed by atoms with van der Waals surface area (Å²) in [6.07, 6.45) is 0. The molecule has 0 bridgehead atoms. The molecule has 0 aromatic carbocycles. The summed E-state index contributed by atoms with van der Waals surface area (Å²) in [5.74, 6) is 1.18. The summed E-state index contributed by atoms with van der Waals surface area (Å²) in [6, 6.07) is 1.48. The van der Waals surface area contributed by atoms with Crippen molar-refractivity contribution in [1.29, 1.82) is 0 Å². The minimum Gasteiger partial charge on any atom is -0.338 e. The molecule has 2 amide bonds. The summed E-state index contributed by atoms with van der Waals surface area (Å²) in [4.78, 5) is 19.3. The van der Waals surface area contributed by atoms with Crippen LogP contribution in [0.5, 0.6) is 0 Å². The van der Waals surface area contributed by atoms with Gasteiger partial charge in [-0.05, 0) is 20.8 Å². The van der Waals surface area contributed by atoms with Gasteiger partial charge in [-0.1, -0.05) is 0 Å². The zero-order chi connectivity index (χ0) is 10.6. The number of nitrogens with one attached hydrogen (secondary N) is 2. The highest BCUT2D eigenvalue weighted by atomic mass is 16.2. The van der Waals surface area contributed by atoms with Crippen LogP contribution < -0.4 is 10.6 Å². The summed E-state index contributed by atoms with van der Waals surface area (Å²) in [6.45, 7) is 6.10. The summed E-state index contributed by atoms with van der Waals surface area (Å²) < 4.78 is 0. The number of carbonyl (C=O) groups excluding carboxylic acids is 1. The van der Waals surface area contributed by atoms with E-state index in [1.165, 1.54) is 0 Å². The van der Waals surface area contributed by atoms with Crippen LogP contribution in [0.3, 0.4) is 0 Å². The fraction of sp³-hybridized carbons (Fsp3) is 0.444. The Bertz CT molecular complexity index is 317. The molecular weight excluding hydrogens is 180 g/mol. The van der Waals surface area contributed by atoms with Gasteiger partial charge < -0.3 is 5.32 Å². The van der Waals surface area contributed by atoms with Crippen LogP contribution in [0.2, 0.25) is 0 Å². The first-order valence-corrected chi connectivity index (χ1v) is 4.49. The maximum Gasteiger partial charge on any atom is 0.320 e. The molecule has 1 heterocycles. The minimum absolute atomic E-state index is 0.245. The first-order chi connectivity index (χ1) is 6.61. The quantitative estimate of drug-likeness (QED) is 0.744. The summed E-state index contributed by atoms with van der Waals surface area (Å²) >= 11 is 0. The van der Waals surface area contributed by atoms with Crippen LogP contribution in [-0.4, -0.2) is 22.5 Å². The highest BCUT2D eigenvalue weighted by molar-refractivity contribution is 5.88. The molecule has 0 saturated heterocycles. The van der Waals surface area contributed by atoms with Crippen molar-refractivity contribution in [2.45, 2.75) is 20.8 Å². The molecule has 0 atom stereocenters. The van der Waals surface area contributed by atoms with Crippen LogP contribution in [0.1, 0.15) is 18.4 Å². The van der Waals surface area contributed by atoms with Crippen molar-refractivity contribution in [2.75, 3.05) is 11.9 Å². The lowest BCUT2D eigenvalue weighted by molar-refractivity contribution is 0.252. The van der Waals surface area contributed by atoms with E-state index in [9.17, 15) is 4.79 Å². The van der Waals surface area contributed by atoms with Crippen LogP contribution in [0, 0.1) is 13.8 Å². The first-order valence-electron chi connectivity index (χ1n) is 4.49. The van der Waals surface area contributed by atoms with Crippen molar-refractivity contribution in [3.05, 3.63) is 17.6 Å². The van der Waals surface area contributed by atoms with E-state index in [-0.39, 0.29) is 6.03 Å². The number of anilines is 1. The van der Waals surface area contributed by atoms with E-state index in [2.05, 4.69) is 20.6 Å². The van der Waals surface area contributed by atoms with Gasteiger partial charge in [0, 0.05) is 18.3 Å². The Labute approximate surface area is 83.0 Å². The molecule has 14 heavy (non-hydrogen) atoms. The van der Waals surface area contributed by atoms with Gasteiger partial charge in [0.25, 0.3) is 0 Å². The predicted octanol–water partition coefficient (Wildman–Crippen LogP) is 1.23. The molecule has 0 spiro atoms. The second kappa shape index (κ2) is 4.55. The SMILES string of the molecule is CCNC(=O)Nc1cc(C)nc(C)n1. The van der Waals surface area contributed by atoms with Crippen LogP contribution in [0.15, 0.2) is 6.07 Å². The van der Waals surface area contributed by atoms with E-state index in [4.69, 9.17) is 0 Å². The Kier molecular flexibility index (Phi) is 3.39. The van der Waals surface area contributed by atoms with Crippen molar-refractivity contribution < 1.29 is 4.79 Å². The summed E-state index contributed by atoms with van der Waals surface area (Å²) in [5.41, 5.74) is 0.837. The number of aromatic nitrogens is 2. The van der Waals surface area contributed by atoms with E-state index in [0.717, 1.165) is 5.69 Å². The average Bonchev–Trinajstić information content (AvgIpc) is 2.01. The molecule has 5 nitrogen and oxygen atoms in total. The summed E-state index contributed by atoms with van der Waals surface area (Å²) in [5, 5.41) is 5.25. The molecule has 2 N–H and O–H groups in total. The van der Waals surface area contributed by atoms with E-state index in [0.29, 0.717) is 18.2 Å². The van der Waals surface area contributed by atoms with Gasteiger partial charge in [-0.15, -0.1) is 0 Å². The van der Waals surface area contributed by atoms with Gasteiger partial charge in [0.05, 0.1) is 0 Å². The van der Waals surface area contributed by atoms with Gasteiger partial charge in [-0.2, -0.15) is 0 Å². The third-order valence-corrected chi connectivity index (χ3v) is 1.54. The second-order valence-electron chi connectivity index (χ2n) is 2.93. The lowest BCUT2D eigenvalue weighted by Gasteiger charge is -2.05. The molecule has 0 saturated carbocycles. The smallest absolute Gasteiger partial charge is 0.320 e. The normalized spacial score (nSPS) is 9.64.